The normalized spacial score (nSPS) is 18.0. The number of hydrogen-bond acceptors (Lipinski definition) is 2. The van der Waals surface area contributed by atoms with Crippen LogP contribution in [0.15, 0.2) is 12.7 Å². The monoisotopic (exact) mass is 253 g/mol. The molecule has 2 nitrogen and oxygen atoms in total. The molecule has 0 saturated heterocycles. The van der Waals surface area contributed by atoms with Crippen LogP contribution < -0.4 is 0 Å². The molecular formula is C14H27NOSi. The van der Waals surface area contributed by atoms with Gasteiger partial charge in [0.2, 0.25) is 0 Å². The van der Waals surface area contributed by atoms with E-state index in [9.17, 15) is 5.26 Å². The quantitative estimate of drug-likeness (QED) is 0.534. The second kappa shape index (κ2) is 5.37. The summed E-state index contributed by atoms with van der Waals surface area (Å²) in [6, 6.07) is 2.31. The van der Waals surface area contributed by atoms with E-state index in [0.717, 1.165) is 6.42 Å². The van der Waals surface area contributed by atoms with Gasteiger partial charge in [-0.2, -0.15) is 5.26 Å². The van der Waals surface area contributed by atoms with E-state index >= 15 is 0 Å². The molecule has 0 aliphatic carbocycles. The van der Waals surface area contributed by atoms with E-state index < -0.39 is 14.4 Å². The lowest BCUT2D eigenvalue weighted by Gasteiger charge is -2.41. The summed E-state index contributed by atoms with van der Waals surface area (Å²) >= 11 is 0. The van der Waals surface area contributed by atoms with Gasteiger partial charge >= 0.3 is 0 Å². The van der Waals surface area contributed by atoms with Gasteiger partial charge in [0.15, 0.2) is 8.32 Å². The maximum absolute atomic E-state index is 9.35. The van der Waals surface area contributed by atoms with Crippen LogP contribution in [0, 0.1) is 16.7 Å². The van der Waals surface area contributed by atoms with E-state index in [2.05, 4.69) is 53.4 Å². The van der Waals surface area contributed by atoms with Crippen molar-refractivity contribution in [2.24, 2.45) is 5.41 Å². The minimum Gasteiger partial charge on any atom is -0.401 e. The summed E-state index contributed by atoms with van der Waals surface area (Å²) in [5.41, 5.74) is -0.260. The van der Waals surface area contributed by atoms with Crippen LogP contribution in [-0.2, 0) is 4.43 Å². The molecule has 0 spiro atoms. The van der Waals surface area contributed by atoms with E-state index in [1.165, 1.54) is 0 Å². The Morgan fingerprint density at radius 2 is 1.82 bits per heavy atom. The summed E-state index contributed by atoms with van der Waals surface area (Å²) in [7, 11) is -1.90. The lowest BCUT2D eigenvalue weighted by atomic mass is 9.82. The number of hydrogen-bond donors (Lipinski definition) is 0. The van der Waals surface area contributed by atoms with Crippen LogP contribution in [-0.4, -0.2) is 14.4 Å². The highest BCUT2D eigenvalue weighted by Gasteiger charge is 2.43. The Balaban J connectivity index is 5.10. The molecule has 0 unspecified atom stereocenters. The van der Waals surface area contributed by atoms with Crippen LogP contribution >= 0.6 is 0 Å². The Morgan fingerprint density at radius 3 is 2.06 bits per heavy atom. The second-order valence-electron chi connectivity index (χ2n) is 6.45. The molecule has 0 N–H and O–H groups in total. The summed E-state index contributed by atoms with van der Waals surface area (Å²) in [5, 5.41) is 9.48. The molecule has 0 amide bonds. The Kier molecular flexibility index (Phi) is 5.18. The van der Waals surface area contributed by atoms with Gasteiger partial charge < -0.3 is 4.43 Å². The third-order valence-electron chi connectivity index (χ3n) is 4.16. The molecule has 0 fully saturated rings. The van der Waals surface area contributed by atoms with Crippen LogP contribution in [0.3, 0.4) is 0 Å². The van der Waals surface area contributed by atoms with Gasteiger partial charge in [-0.1, -0.05) is 40.7 Å². The molecule has 0 aromatic rings. The molecule has 98 valence electrons. The SMILES string of the molecule is C=C[C@](C)(CC)[C@H](C#N)O[Si](C)(C)C(C)(C)C. The second-order valence-corrected chi connectivity index (χ2v) is 11.2. The van der Waals surface area contributed by atoms with Crippen LogP contribution in [0.25, 0.3) is 0 Å². The molecule has 0 bridgehead atoms. The van der Waals surface area contributed by atoms with E-state index in [4.69, 9.17) is 4.43 Å². The lowest BCUT2D eigenvalue weighted by Crippen LogP contribution is -2.47. The summed E-state index contributed by atoms with van der Waals surface area (Å²) in [6.07, 6.45) is 2.32. The maximum Gasteiger partial charge on any atom is 0.193 e. The van der Waals surface area contributed by atoms with Gasteiger partial charge in [0.05, 0.1) is 6.07 Å². The zero-order chi connectivity index (χ0) is 13.9. The van der Waals surface area contributed by atoms with E-state index in [1.54, 1.807) is 0 Å². The highest BCUT2D eigenvalue weighted by Crippen LogP contribution is 2.40. The highest BCUT2D eigenvalue weighted by atomic mass is 28.4. The Morgan fingerprint density at radius 1 is 1.35 bits per heavy atom. The topological polar surface area (TPSA) is 33.0 Å². The fourth-order valence-corrected chi connectivity index (χ4v) is 2.48. The first-order valence-corrected chi connectivity index (χ1v) is 9.16. The van der Waals surface area contributed by atoms with Gasteiger partial charge in [-0.05, 0) is 24.6 Å². The fourth-order valence-electron chi connectivity index (χ4n) is 1.22. The smallest absolute Gasteiger partial charge is 0.193 e. The van der Waals surface area contributed by atoms with Crippen LogP contribution in [0.4, 0.5) is 0 Å². The summed E-state index contributed by atoms with van der Waals surface area (Å²) < 4.78 is 6.20. The summed E-state index contributed by atoms with van der Waals surface area (Å²) in [6.45, 7) is 18.9. The minimum absolute atomic E-state index is 0.123. The predicted molar refractivity (Wildman–Crippen MR) is 76.3 cm³/mol. The van der Waals surface area contributed by atoms with E-state index in [0.29, 0.717) is 0 Å². The van der Waals surface area contributed by atoms with Gasteiger partial charge in [0.1, 0.15) is 6.10 Å². The van der Waals surface area contributed by atoms with E-state index in [-0.39, 0.29) is 10.5 Å². The first-order chi connectivity index (χ1) is 7.54. The van der Waals surface area contributed by atoms with Gasteiger partial charge in [0.25, 0.3) is 0 Å². The molecule has 0 rings (SSSR count). The molecular weight excluding hydrogens is 226 g/mol. The number of nitrogens with zero attached hydrogens (tertiary/aromatic N) is 1. The van der Waals surface area contributed by atoms with Crippen LogP contribution in [0.2, 0.25) is 18.1 Å². The predicted octanol–water partition coefficient (Wildman–Crippen LogP) is 4.50. The van der Waals surface area contributed by atoms with Crippen molar-refractivity contribution in [2.45, 2.75) is 65.3 Å². The van der Waals surface area contributed by atoms with Gasteiger partial charge in [-0.3, -0.25) is 0 Å². The molecule has 17 heavy (non-hydrogen) atoms. The van der Waals surface area contributed by atoms with Crippen molar-refractivity contribution < 1.29 is 4.43 Å². The zero-order valence-electron chi connectivity index (χ0n) is 12.4. The molecule has 0 aromatic heterocycles. The molecule has 0 radical (unpaired) electrons. The molecule has 0 aliphatic rings. The van der Waals surface area contributed by atoms with Crippen molar-refractivity contribution in [3.63, 3.8) is 0 Å². The Labute approximate surface area is 108 Å². The van der Waals surface area contributed by atoms with Gasteiger partial charge in [-0.15, -0.1) is 6.58 Å². The third kappa shape index (κ3) is 3.69. The van der Waals surface area contributed by atoms with Crippen LogP contribution in [0.5, 0.6) is 0 Å². The third-order valence-corrected chi connectivity index (χ3v) is 8.60. The largest absolute Gasteiger partial charge is 0.401 e. The van der Waals surface area contributed by atoms with E-state index in [1.807, 2.05) is 13.0 Å². The summed E-state index contributed by atoms with van der Waals surface area (Å²) in [5.74, 6) is 0. The molecule has 0 heterocycles. The number of nitriles is 1. The van der Waals surface area contributed by atoms with Crippen molar-refractivity contribution in [2.75, 3.05) is 0 Å². The molecule has 2 atom stereocenters. The fraction of sp³-hybridized carbons (Fsp3) is 0.786. The number of rotatable bonds is 5. The Bertz CT molecular complexity index is 311. The molecule has 0 aliphatic heterocycles. The van der Waals surface area contributed by atoms with Crippen molar-refractivity contribution in [3.05, 3.63) is 12.7 Å². The first-order valence-electron chi connectivity index (χ1n) is 6.25. The zero-order valence-corrected chi connectivity index (χ0v) is 13.4. The highest BCUT2D eigenvalue weighted by molar-refractivity contribution is 6.74. The average molecular weight is 253 g/mol. The van der Waals surface area contributed by atoms with Crippen LogP contribution in [0.1, 0.15) is 41.0 Å². The van der Waals surface area contributed by atoms with Gasteiger partial charge in [0, 0.05) is 5.41 Å². The van der Waals surface area contributed by atoms with Crippen molar-refractivity contribution in [1.29, 1.82) is 5.26 Å². The average Bonchev–Trinajstić information content (AvgIpc) is 2.23. The van der Waals surface area contributed by atoms with Crippen molar-refractivity contribution in [1.82, 2.24) is 0 Å². The molecule has 0 saturated carbocycles. The van der Waals surface area contributed by atoms with Crippen molar-refractivity contribution >= 4 is 8.32 Å². The Hall–Kier alpha value is -0.593. The molecule has 0 aromatic carbocycles. The van der Waals surface area contributed by atoms with Gasteiger partial charge in [-0.25, -0.2) is 0 Å². The lowest BCUT2D eigenvalue weighted by molar-refractivity contribution is 0.124. The maximum atomic E-state index is 9.35. The minimum atomic E-state index is -1.90. The first kappa shape index (κ1) is 16.4. The van der Waals surface area contributed by atoms with Crippen molar-refractivity contribution in [3.8, 4) is 6.07 Å². The standard InChI is InChI=1S/C14H27NOSi/c1-9-14(6,10-2)12(11-15)16-17(7,8)13(3,4)5/h9,12H,1,10H2,2-8H3/t12-,14+/m0/s1. The molecule has 3 heteroatoms. The summed E-state index contributed by atoms with van der Waals surface area (Å²) in [4.78, 5) is 0.